The number of morpholine rings is 1. The van der Waals surface area contributed by atoms with Crippen molar-refractivity contribution < 1.29 is 9.15 Å². The molecule has 0 amide bonds. The molecule has 0 aliphatic carbocycles. The predicted octanol–water partition coefficient (Wildman–Crippen LogP) is 3.14. The second kappa shape index (κ2) is 11.5. The zero-order chi connectivity index (χ0) is 18.2. The maximum absolute atomic E-state index is 5.95. The fourth-order valence-corrected chi connectivity index (χ4v) is 3.20. The molecule has 7 heteroatoms. The Morgan fingerprint density at radius 3 is 2.70 bits per heavy atom. The molecule has 27 heavy (non-hydrogen) atoms. The third kappa shape index (κ3) is 6.36. The van der Waals surface area contributed by atoms with E-state index in [1.54, 1.807) is 0 Å². The van der Waals surface area contributed by atoms with Crippen LogP contribution in [-0.2, 0) is 11.3 Å². The van der Waals surface area contributed by atoms with Crippen molar-refractivity contribution in [1.82, 2.24) is 15.5 Å². The summed E-state index contributed by atoms with van der Waals surface area (Å²) in [6.45, 7) is 11.4. The van der Waals surface area contributed by atoms with E-state index in [9.17, 15) is 0 Å². The Kier molecular flexibility index (Phi) is 9.36. The summed E-state index contributed by atoms with van der Waals surface area (Å²) in [6.07, 6.45) is 1.09. The van der Waals surface area contributed by atoms with Crippen molar-refractivity contribution in [3.05, 3.63) is 35.6 Å². The average molecular weight is 486 g/mol. The number of para-hydroxylation sites is 1. The van der Waals surface area contributed by atoms with Crippen molar-refractivity contribution in [2.75, 3.05) is 45.9 Å². The first-order valence-corrected chi connectivity index (χ1v) is 9.57. The number of hydrogen-bond acceptors (Lipinski definition) is 4. The number of nitrogens with zero attached hydrogens (tertiary/aromatic N) is 2. The van der Waals surface area contributed by atoms with Crippen molar-refractivity contribution >= 4 is 40.9 Å². The summed E-state index contributed by atoms with van der Waals surface area (Å²) in [7, 11) is 0. The molecule has 2 heterocycles. The minimum absolute atomic E-state index is 0. The highest BCUT2D eigenvalue weighted by Gasteiger charge is 2.11. The SMILES string of the molecule is CCNC(=NCc1oc2ccccc2c1C)NCCCN1CCOCC1.I. The molecule has 6 nitrogen and oxygen atoms in total. The second-order valence-corrected chi connectivity index (χ2v) is 6.58. The number of aliphatic imine (C=N–C) groups is 1. The van der Waals surface area contributed by atoms with Crippen molar-refractivity contribution in [2.24, 2.45) is 4.99 Å². The van der Waals surface area contributed by atoms with Crippen LogP contribution in [0.15, 0.2) is 33.7 Å². The number of fused-ring (bicyclic) bond motifs is 1. The molecular formula is C20H31IN4O2. The maximum atomic E-state index is 5.95. The van der Waals surface area contributed by atoms with Gasteiger partial charge in [0.25, 0.3) is 0 Å². The number of ether oxygens (including phenoxy) is 1. The Morgan fingerprint density at radius 1 is 1.19 bits per heavy atom. The summed E-state index contributed by atoms with van der Waals surface area (Å²) in [5, 5.41) is 7.90. The Hall–Kier alpha value is -1.32. The molecule has 0 atom stereocenters. The van der Waals surface area contributed by atoms with E-state index >= 15 is 0 Å². The predicted molar refractivity (Wildman–Crippen MR) is 121 cm³/mol. The van der Waals surface area contributed by atoms with Crippen LogP contribution in [0.25, 0.3) is 11.0 Å². The minimum Gasteiger partial charge on any atom is -0.459 e. The first kappa shape index (κ1) is 22.0. The lowest BCUT2D eigenvalue weighted by atomic mass is 10.1. The third-order valence-corrected chi connectivity index (χ3v) is 4.71. The maximum Gasteiger partial charge on any atom is 0.191 e. The van der Waals surface area contributed by atoms with E-state index in [4.69, 9.17) is 14.1 Å². The van der Waals surface area contributed by atoms with Gasteiger partial charge in [0.15, 0.2) is 5.96 Å². The molecule has 150 valence electrons. The highest BCUT2D eigenvalue weighted by atomic mass is 127. The number of halogens is 1. The molecule has 0 radical (unpaired) electrons. The van der Waals surface area contributed by atoms with E-state index in [1.807, 2.05) is 18.2 Å². The zero-order valence-electron chi connectivity index (χ0n) is 16.3. The van der Waals surface area contributed by atoms with Crippen molar-refractivity contribution in [3.8, 4) is 0 Å². The highest BCUT2D eigenvalue weighted by Crippen LogP contribution is 2.25. The van der Waals surface area contributed by atoms with Crippen LogP contribution in [0.4, 0.5) is 0 Å². The van der Waals surface area contributed by atoms with Gasteiger partial charge in [-0.1, -0.05) is 18.2 Å². The zero-order valence-corrected chi connectivity index (χ0v) is 18.6. The molecule has 1 fully saturated rings. The second-order valence-electron chi connectivity index (χ2n) is 6.58. The van der Waals surface area contributed by atoms with Crippen LogP contribution in [0, 0.1) is 6.92 Å². The Labute approximate surface area is 178 Å². The lowest BCUT2D eigenvalue weighted by Crippen LogP contribution is -2.40. The van der Waals surface area contributed by atoms with Gasteiger partial charge in [0.1, 0.15) is 17.9 Å². The lowest BCUT2D eigenvalue weighted by Gasteiger charge is -2.26. The van der Waals surface area contributed by atoms with Crippen LogP contribution in [0.3, 0.4) is 0 Å². The molecule has 2 aromatic rings. The largest absolute Gasteiger partial charge is 0.459 e. The monoisotopic (exact) mass is 486 g/mol. The normalized spacial score (nSPS) is 15.6. The van der Waals surface area contributed by atoms with Crippen LogP contribution in [-0.4, -0.2) is 56.8 Å². The Balaban J connectivity index is 0.00000261. The quantitative estimate of drug-likeness (QED) is 0.273. The topological polar surface area (TPSA) is 62.0 Å². The van der Waals surface area contributed by atoms with Crippen molar-refractivity contribution in [1.29, 1.82) is 0 Å². The van der Waals surface area contributed by atoms with Crippen LogP contribution in [0.2, 0.25) is 0 Å². The molecule has 0 saturated carbocycles. The number of hydrogen-bond donors (Lipinski definition) is 2. The minimum atomic E-state index is 0. The first-order chi connectivity index (χ1) is 12.8. The molecular weight excluding hydrogens is 455 g/mol. The van der Waals surface area contributed by atoms with Gasteiger partial charge in [0.2, 0.25) is 0 Å². The summed E-state index contributed by atoms with van der Waals surface area (Å²) in [5.41, 5.74) is 2.10. The van der Waals surface area contributed by atoms with E-state index in [2.05, 4.69) is 35.4 Å². The van der Waals surface area contributed by atoms with Crippen LogP contribution in [0.1, 0.15) is 24.7 Å². The number of rotatable bonds is 7. The molecule has 1 saturated heterocycles. The molecule has 0 bridgehead atoms. The molecule has 1 aliphatic heterocycles. The standard InChI is InChI=1S/C20H30N4O2.HI/c1-3-21-20(22-9-6-10-24-11-13-25-14-12-24)23-15-19-16(2)17-7-4-5-8-18(17)26-19;/h4-5,7-8H,3,6,9-15H2,1-2H3,(H2,21,22,23);1H. The van der Waals surface area contributed by atoms with Crippen molar-refractivity contribution in [2.45, 2.75) is 26.8 Å². The smallest absolute Gasteiger partial charge is 0.191 e. The average Bonchev–Trinajstić information content (AvgIpc) is 3.00. The van der Waals surface area contributed by atoms with Gasteiger partial charge in [-0.25, -0.2) is 4.99 Å². The number of furan rings is 1. The lowest BCUT2D eigenvalue weighted by molar-refractivity contribution is 0.0376. The molecule has 1 aromatic carbocycles. The Morgan fingerprint density at radius 2 is 1.96 bits per heavy atom. The first-order valence-electron chi connectivity index (χ1n) is 9.57. The molecule has 1 aliphatic rings. The summed E-state index contributed by atoms with van der Waals surface area (Å²) < 4.78 is 11.3. The van der Waals surface area contributed by atoms with Gasteiger partial charge in [-0.2, -0.15) is 0 Å². The van der Waals surface area contributed by atoms with Gasteiger partial charge in [-0.15, -0.1) is 24.0 Å². The summed E-state index contributed by atoms with van der Waals surface area (Å²) in [5.74, 6) is 1.77. The van der Waals surface area contributed by atoms with Crippen LogP contribution < -0.4 is 10.6 Å². The van der Waals surface area contributed by atoms with Gasteiger partial charge in [0.05, 0.1) is 13.2 Å². The number of nitrogens with one attached hydrogen (secondary N) is 2. The molecule has 0 unspecified atom stereocenters. The summed E-state index contributed by atoms with van der Waals surface area (Å²) in [6, 6.07) is 8.14. The molecule has 1 aromatic heterocycles. The van der Waals surface area contributed by atoms with E-state index in [0.717, 1.165) is 69.7 Å². The highest BCUT2D eigenvalue weighted by molar-refractivity contribution is 14.0. The van der Waals surface area contributed by atoms with E-state index in [-0.39, 0.29) is 24.0 Å². The summed E-state index contributed by atoms with van der Waals surface area (Å²) in [4.78, 5) is 7.14. The van der Waals surface area contributed by atoms with E-state index < -0.39 is 0 Å². The molecule has 0 spiro atoms. The summed E-state index contributed by atoms with van der Waals surface area (Å²) >= 11 is 0. The number of guanidine groups is 1. The van der Waals surface area contributed by atoms with Crippen LogP contribution >= 0.6 is 24.0 Å². The van der Waals surface area contributed by atoms with Gasteiger partial charge in [-0.3, -0.25) is 4.90 Å². The Bertz CT molecular complexity index is 726. The number of aryl methyl sites for hydroxylation is 1. The van der Waals surface area contributed by atoms with Crippen molar-refractivity contribution in [3.63, 3.8) is 0 Å². The van der Waals surface area contributed by atoms with Gasteiger partial charge >= 0.3 is 0 Å². The molecule has 2 N–H and O–H groups in total. The molecule has 3 rings (SSSR count). The van der Waals surface area contributed by atoms with E-state index in [1.165, 1.54) is 10.9 Å². The fraction of sp³-hybridized carbons (Fsp3) is 0.550. The van der Waals surface area contributed by atoms with E-state index in [0.29, 0.717) is 6.54 Å². The fourth-order valence-electron chi connectivity index (χ4n) is 3.20. The van der Waals surface area contributed by atoms with Gasteiger partial charge < -0.3 is 19.8 Å². The van der Waals surface area contributed by atoms with Gasteiger partial charge in [-0.05, 0) is 32.9 Å². The number of benzene rings is 1. The third-order valence-electron chi connectivity index (χ3n) is 4.71. The van der Waals surface area contributed by atoms with Crippen LogP contribution in [0.5, 0.6) is 0 Å². The van der Waals surface area contributed by atoms with Gasteiger partial charge in [0, 0.05) is 37.1 Å².